The Morgan fingerprint density at radius 1 is 1.43 bits per heavy atom. The van der Waals surface area contributed by atoms with Crippen molar-refractivity contribution in [1.82, 2.24) is 9.78 Å². The second-order valence-corrected chi connectivity index (χ2v) is 4.36. The Bertz CT molecular complexity index is 624. The van der Waals surface area contributed by atoms with Gasteiger partial charge in [0, 0.05) is 13.3 Å². The number of aromatic nitrogens is 2. The number of carbonyl (C=O) groups is 1. The molecule has 112 valence electrons. The number of benzene rings is 1. The molecule has 0 saturated heterocycles. The normalized spacial score (nSPS) is 10.4. The Morgan fingerprint density at radius 2 is 2.24 bits per heavy atom. The molecular formula is C14H18N4O3. The number of anilines is 2. The molecule has 0 aliphatic rings. The van der Waals surface area contributed by atoms with Gasteiger partial charge < -0.3 is 20.5 Å². The van der Waals surface area contributed by atoms with Crippen molar-refractivity contribution in [3.63, 3.8) is 0 Å². The number of nitrogen functional groups attached to an aromatic ring is 1. The van der Waals surface area contributed by atoms with Gasteiger partial charge in [0.2, 0.25) is 0 Å². The van der Waals surface area contributed by atoms with Crippen LogP contribution >= 0.6 is 0 Å². The Morgan fingerprint density at radius 3 is 2.95 bits per heavy atom. The molecule has 1 heterocycles. The maximum Gasteiger partial charge on any atom is 0.257 e. The molecule has 0 atom stereocenters. The third-order valence-electron chi connectivity index (χ3n) is 2.95. The van der Waals surface area contributed by atoms with Crippen molar-refractivity contribution >= 4 is 17.3 Å². The molecule has 21 heavy (non-hydrogen) atoms. The molecule has 0 aliphatic heterocycles. The second kappa shape index (κ2) is 6.76. The number of amides is 1. The van der Waals surface area contributed by atoms with Crippen LogP contribution in [0.5, 0.6) is 5.75 Å². The molecule has 1 aromatic carbocycles. The number of nitrogens with zero attached hydrogens (tertiary/aromatic N) is 2. The fraction of sp³-hybridized carbons (Fsp3) is 0.286. The topological polar surface area (TPSA) is 91.4 Å². The Hall–Kier alpha value is -2.54. The van der Waals surface area contributed by atoms with E-state index in [1.165, 1.54) is 7.11 Å². The van der Waals surface area contributed by atoms with Crippen LogP contribution in [0.1, 0.15) is 10.4 Å². The van der Waals surface area contributed by atoms with Crippen LogP contribution in [-0.4, -0.2) is 36.5 Å². The minimum Gasteiger partial charge on any atom is -0.495 e. The fourth-order valence-electron chi connectivity index (χ4n) is 1.85. The van der Waals surface area contributed by atoms with Gasteiger partial charge in [-0.25, -0.2) is 0 Å². The lowest BCUT2D eigenvalue weighted by molar-refractivity contribution is 0.102. The molecule has 2 aromatic rings. The van der Waals surface area contributed by atoms with Gasteiger partial charge in [-0.1, -0.05) is 6.07 Å². The third kappa shape index (κ3) is 3.51. The highest BCUT2D eigenvalue weighted by atomic mass is 16.5. The van der Waals surface area contributed by atoms with Gasteiger partial charge in [-0.05, 0) is 12.1 Å². The van der Waals surface area contributed by atoms with E-state index in [0.717, 1.165) is 0 Å². The van der Waals surface area contributed by atoms with Crippen molar-refractivity contribution in [2.24, 2.45) is 0 Å². The number of ether oxygens (including phenoxy) is 2. The lowest BCUT2D eigenvalue weighted by Gasteiger charge is -2.09. The van der Waals surface area contributed by atoms with Crippen molar-refractivity contribution in [3.05, 3.63) is 36.2 Å². The van der Waals surface area contributed by atoms with Gasteiger partial charge in [0.25, 0.3) is 5.91 Å². The first-order valence-corrected chi connectivity index (χ1v) is 6.41. The summed E-state index contributed by atoms with van der Waals surface area (Å²) in [6.45, 7) is 1.17. The van der Waals surface area contributed by atoms with E-state index in [1.54, 1.807) is 42.4 Å². The van der Waals surface area contributed by atoms with Crippen molar-refractivity contribution in [2.75, 3.05) is 31.9 Å². The molecule has 0 bridgehead atoms. The molecule has 1 amide bonds. The number of nitrogens with one attached hydrogen (secondary N) is 1. The molecule has 1 aromatic heterocycles. The van der Waals surface area contributed by atoms with Gasteiger partial charge in [0.15, 0.2) is 0 Å². The maximum atomic E-state index is 12.2. The quantitative estimate of drug-likeness (QED) is 0.784. The molecule has 3 N–H and O–H groups in total. The van der Waals surface area contributed by atoms with Gasteiger partial charge in [-0.15, -0.1) is 0 Å². The molecule has 2 rings (SSSR count). The smallest absolute Gasteiger partial charge is 0.257 e. The number of hydrogen-bond donors (Lipinski definition) is 2. The van der Waals surface area contributed by atoms with Gasteiger partial charge in [0.05, 0.1) is 43.4 Å². The average Bonchev–Trinajstić information content (AvgIpc) is 2.92. The molecule has 0 fully saturated rings. The van der Waals surface area contributed by atoms with Crippen LogP contribution in [0.2, 0.25) is 0 Å². The average molecular weight is 290 g/mol. The first-order valence-electron chi connectivity index (χ1n) is 6.41. The largest absolute Gasteiger partial charge is 0.495 e. The minimum absolute atomic E-state index is 0.308. The predicted molar refractivity (Wildman–Crippen MR) is 79.5 cm³/mol. The van der Waals surface area contributed by atoms with E-state index in [9.17, 15) is 4.79 Å². The SMILES string of the molecule is COCCn1cc(NC(=O)c2cccc(OC)c2N)cn1. The van der Waals surface area contributed by atoms with Gasteiger partial charge >= 0.3 is 0 Å². The molecule has 0 saturated carbocycles. The van der Waals surface area contributed by atoms with Crippen LogP contribution in [0.4, 0.5) is 11.4 Å². The van der Waals surface area contributed by atoms with Gasteiger partial charge in [-0.2, -0.15) is 5.10 Å². The van der Waals surface area contributed by atoms with E-state index in [-0.39, 0.29) is 5.91 Å². The third-order valence-corrected chi connectivity index (χ3v) is 2.95. The lowest BCUT2D eigenvalue weighted by Crippen LogP contribution is -2.14. The van der Waals surface area contributed by atoms with Crippen LogP contribution in [-0.2, 0) is 11.3 Å². The van der Waals surface area contributed by atoms with Crippen molar-refractivity contribution < 1.29 is 14.3 Å². The number of nitrogens with two attached hydrogens (primary N) is 1. The lowest BCUT2D eigenvalue weighted by atomic mass is 10.1. The fourth-order valence-corrected chi connectivity index (χ4v) is 1.85. The first-order chi connectivity index (χ1) is 10.2. The van der Waals surface area contributed by atoms with Crippen LogP contribution in [0, 0.1) is 0 Å². The molecule has 7 nitrogen and oxygen atoms in total. The second-order valence-electron chi connectivity index (χ2n) is 4.36. The summed E-state index contributed by atoms with van der Waals surface area (Å²) in [5.74, 6) is 0.163. The van der Waals surface area contributed by atoms with Gasteiger partial charge in [0.1, 0.15) is 5.75 Å². The summed E-state index contributed by atoms with van der Waals surface area (Å²) in [7, 11) is 3.13. The standard InChI is InChI=1S/C14H18N4O3/c1-20-7-6-18-9-10(8-16-18)17-14(19)11-4-3-5-12(21-2)13(11)15/h3-5,8-9H,6-7,15H2,1-2H3,(H,17,19). The van der Waals surface area contributed by atoms with Crippen LogP contribution in [0.15, 0.2) is 30.6 Å². The highest BCUT2D eigenvalue weighted by Gasteiger charge is 2.13. The summed E-state index contributed by atoms with van der Waals surface area (Å²) < 4.78 is 11.8. The number of carbonyl (C=O) groups excluding carboxylic acids is 1. The summed E-state index contributed by atoms with van der Waals surface area (Å²) in [6, 6.07) is 5.06. The molecular weight excluding hydrogens is 272 g/mol. The predicted octanol–water partition coefficient (Wildman–Crippen LogP) is 1.37. The summed E-state index contributed by atoms with van der Waals surface area (Å²) in [6.07, 6.45) is 3.30. The van der Waals surface area contributed by atoms with Crippen molar-refractivity contribution in [2.45, 2.75) is 6.54 Å². The maximum absolute atomic E-state index is 12.2. The first kappa shape index (κ1) is 14.9. The summed E-state index contributed by atoms with van der Waals surface area (Å²) in [5.41, 5.74) is 7.16. The van der Waals surface area contributed by atoms with E-state index >= 15 is 0 Å². The van der Waals surface area contributed by atoms with Crippen molar-refractivity contribution in [1.29, 1.82) is 0 Å². The Kier molecular flexibility index (Phi) is 4.78. The van der Waals surface area contributed by atoms with E-state index in [0.29, 0.717) is 35.8 Å². The highest BCUT2D eigenvalue weighted by molar-refractivity contribution is 6.08. The van der Waals surface area contributed by atoms with E-state index in [4.69, 9.17) is 15.2 Å². The molecule has 0 aliphatic carbocycles. The zero-order chi connectivity index (χ0) is 15.2. The molecule has 0 radical (unpaired) electrons. The van der Waals surface area contributed by atoms with E-state index in [2.05, 4.69) is 10.4 Å². The Balaban J connectivity index is 2.09. The molecule has 7 heteroatoms. The number of para-hydroxylation sites is 1. The zero-order valence-electron chi connectivity index (χ0n) is 12.0. The number of rotatable bonds is 6. The molecule has 0 spiro atoms. The number of methoxy groups -OCH3 is 2. The van der Waals surface area contributed by atoms with Crippen LogP contribution in [0.25, 0.3) is 0 Å². The number of hydrogen-bond acceptors (Lipinski definition) is 5. The van der Waals surface area contributed by atoms with Gasteiger partial charge in [-0.3, -0.25) is 9.48 Å². The Labute approximate surface area is 122 Å². The summed E-state index contributed by atoms with van der Waals surface area (Å²) >= 11 is 0. The zero-order valence-corrected chi connectivity index (χ0v) is 12.0. The van der Waals surface area contributed by atoms with E-state index < -0.39 is 0 Å². The van der Waals surface area contributed by atoms with Crippen molar-refractivity contribution in [3.8, 4) is 5.75 Å². The summed E-state index contributed by atoms with van der Waals surface area (Å²) in [5, 5.41) is 6.87. The van der Waals surface area contributed by atoms with Crippen LogP contribution < -0.4 is 15.8 Å². The van der Waals surface area contributed by atoms with Crippen LogP contribution in [0.3, 0.4) is 0 Å². The summed E-state index contributed by atoms with van der Waals surface area (Å²) in [4.78, 5) is 12.2. The highest BCUT2D eigenvalue weighted by Crippen LogP contribution is 2.25. The molecule has 0 unspecified atom stereocenters. The monoisotopic (exact) mass is 290 g/mol. The van der Waals surface area contributed by atoms with E-state index in [1.807, 2.05) is 0 Å². The minimum atomic E-state index is -0.308.